The zero-order valence-electron chi connectivity index (χ0n) is 19.4. The Bertz CT molecular complexity index is 1210. The summed E-state index contributed by atoms with van der Waals surface area (Å²) in [6.07, 6.45) is 0. The number of anilines is 1. The van der Waals surface area contributed by atoms with Crippen molar-refractivity contribution in [2.45, 2.75) is 19.5 Å². The first-order valence-electron chi connectivity index (χ1n) is 11.3. The van der Waals surface area contributed by atoms with E-state index < -0.39 is 11.9 Å². The molecule has 1 aromatic heterocycles. The largest absolute Gasteiger partial charge is 0.507 e. The van der Waals surface area contributed by atoms with Gasteiger partial charge in [0.1, 0.15) is 17.4 Å². The van der Waals surface area contributed by atoms with E-state index in [1.54, 1.807) is 55.0 Å². The topological polar surface area (TPSA) is 57.9 Å². The third kappa shape index (κ3) is 4.69. The van der Waals surface area contributed by atoms with E-state index >= 15 is 4.39 Å². The molecule has 34 heavy (non-hydrogen) atoms. The van der Waals surface area contributed by atoms with Crippen LogP contribution < -0.4 is 10.5 Å². The summed E-state index contributed by atoms with van der Waals surface area (Å²) in [5.74, 6) is -0.911. The number of hydrogen-bond donors (Lipinski definition) is 1. The Balaban J connectivity index is 1.74. The molecule has 2 heterocycles. The number of rotatable bonds is 7. The highest BCUT2D eigenvalue weighted by Crippen LogP contribution is 2.35. The van der Waals surface area contributed by atoms with Gasteiger partial charge in [-0.25, -0.2) is 8.78 Å². The van der Waals surface area contributed by atoms with Crippen LogP contribution in [0.25, 0.3) is 0 Å². The van der Waals surface area contributed by atoms with Crippen molar-refractivity contribution in [1.82, 2.24) is 9.47 Å². The maximum absolute atomic E-state index is 15.0. The molecule has 1 aliphatic rings. The average Bonchev–Trinajstić information content (AvgIpc) is 2.83. The molecule has 6 nitrogen and oxygen atoms in total. The highest BCUT2D eigenvalue weighted by atomic mass is 19.1. The molecule has 0 bridgehead atoms. The third-order valence-corrected chi connectivity index (χ3v) is 6.39. The average molecular weight is 470 g/mol. The first-order valence-corrected chi connectivity index (χ1v) is 11.3. The lowest BCUT2D eigenvalue weighted by molar-refractivity contribution is 0.183. The first-order chi connectivity index (χ1) is 16.4. The Labute approximate surface area is 197 Å². The fourth-order valence-electron chi connectivity index (χ4n) is 4.65. The molecule has 0 spiro atoms. The molecule has 1 aliphatic heterocycles. The van der Waals surface area contributed by atoms with Crippen molar-refractivity contribution in [1.29, 1.82) is 0 Å². The zero-order chi connectivity index (χ0) is 24.2. The SMILES string of the molecule is COCCn1c(C)cc(O)c([C@H](c2ccccc2F)N2CCN(c3ccccc3F)CC2)c1=O. The van der Waals surface area contributed by atoms with E-state index in [9.17, 15) is 14.3 Å². The summed E-state index contributed by atoms with van der Waals surface area (Å²) in [7, 11) is 1.55. The number of benzene rings is 2. The van der Waals surface area contributed by atoms with Gasteiger partial charge in [-0.05, 0) is 31.2 Å². The van der Waals surface area contributed by atoms with Crippen molar-refractivity contribution < 1.29 is 18.6 Å². The van der Waals surface area contributed by atoms with Crippen LogP contribution in [0.3, 0.4) is 0 Å². The first kappa shape index (κ1) is 23.9. The van der Waals surface area contributed by atoms with Crippen molar-refractivity contribution in [3.8, 4) is 5.75 Å². The van der Waals surface area contributed by atoms with E-state index in [0.29, 0.717) is 56.3 Å². The molecule has 1 saturated heterocycles. The standard InChI is InChI=1S/C26H29F2N3O3/c1-18-17-23(32)24(26(33)31(18)15-16-34-2)25(19-7-3-4-8-20(19)27)30-13-11-29(12-14-30)22-10-6-5-9-21(22)28/h3-10,17,25,32H,11-16H2,1-2H3/t25-/m0/s1. The summed E-state index contributed by atoms with van der Waals surface area (Å²) in [6.45, 7) is 4.30. The number of pyridine rings is 1. The van der Waals surface area contributed by atoms with Crippen molar-refractivity contribution >= 4 is 5.69 Å². The van der Waals surface area contributed by atoms with Gasteiger partial charge in [0.25, 0.3) is 5.56 Å². The second-order valence-electron chi connectivity index (χ2n) is 8.43. The summed E-state index contributed by atoms with van der Waals surface area (Å²) in [5.41, 5.74) is 1.19. The minimum absolute atomic E-state index is 0.131. The Hall–Kier alpha value is -3.23. The molecule has 1 fully saturated rings. The second kappa shape index (κ2) is 10.4. The minimum atomic E-state index is -0.786. The van der Waals surface area contributed by atoms with Crippen LogP contribution in [-0.4, -0.2) is 54.5 Å². The van der Waals surface area contributed by atoms with Crippen LogP contribution >= 0.6 is 0 Å². The smallest absolute Gasteiger partial charge is 0.259 e. The van der Waals surface area contributed by atoms with E-state index in [2.05, 4.69) is 0 Å². The van der Waals surface area contributed by atoms with E-state index in [-0.39, 0.29) is 22.7 Å². The quantitative estimate of drug-likeness (QED) is 0.572. The lowest BCUT2D eigenvalue weighted by atomic mass is 9.95. The number of halogens is 2. The van der Waals surface area contributed by atoms with Crippen LogP contribution in [0.1, 0.15) is 22.9 Å². The number of piperazine rings is 1. The number of nitrogens with zero attached hydrogens (tertiary/aromatic N) is 3. The molecule has 0 unspecified atom stereocenters. The van der Waals surface area contributed by atoms with Gasteiger partial charge in [-0.15, -0.1) is 0 Å². The van der Waals surface area contributed by atoms with E-state index in [4.69, 9.17) is 4.74 Å². The molecule has 0 amide bonds. The molecule has 0 radical (unpaired) electrons. The van der Waals surface area contributed by atoms with Gasteiger partial charge < -0.3 is 19.3 Å². The van der Waals surface area contributed by atoms with Gasteiger partial charge in [-0.3, -0.25) is 9.69 Å². The lowest BCUT2D eigenvalue weighted by Gasteiger charge is -2.40. The molecule has 0 saturated carbocycles. The van der Waals surface area contributed by atoms with Gasteiger partial charge in [0.05, 0.1) is 23.9 Å². The molecule has 8 heteroatoms. The summed E-state index contributed by atoms with van der Waals surface area (Å²) >= 11 is 0. The van der Waals surface area contributed by atoms with Gasteiger partial charge >= 0.3 is 0 Å². The van der Waals surface area contributed by atoms with Crippen LogP contribution in [-0.2, 0) is 11.3 Å². The molecule has 3 aromatic rings. The summed E-state index contributed by atoms with van der Waals surface area (Å²) in [6, 6.07) is 13.7. The highest BCUT2D eigenvalue weighted by molar-refractivity contribution is 5.48. The van der Waals surface area contributed by atoms with E-state index in [1.165, 1.54) is 18.2 Å². The number of aryl methyl sites for hydroxylation is 1. The maximum atomic E-state index is 15.0. The Morgan fingerprint density at radius 1 is 1.00 bits per heavy atom. The molecule has 2 aromatic carbocycles. The van der Waals surface area contributed by atoms with Crippen molar-refractivity contribution in [3.63, 3.8) is 0 Å². The van der Waals surface area contributed by atoms with Crippen molar-refractivity contribution in [2.75, 3.05) is 44.8 Å². The third-order valence-electron chi connectivity index (χ3n) is 6.39. The van der Waals surface area contributed by atoms with Crippen LogP contribution in [0.5, 0.6) is 5.75 Å². The Kier molecular flexibility index (Phi) is 7.29. The van der Waals surface area contributed by atoms with Crippen LogP contribution in [0.4, 0.5) is 14.5 Å². The number of methoxy groups -OCH3 is 1. The van der Waals surface area contributed by atoms with Gasteiger partial charge in [-0.1, -0.05) is 30.3 Å². The zero-order valence-corrected chi connectivity index (χ0v) is 19.4. The molecule has 4 rings (SSSR count). The van der Waals surface area contributed by atoms with Crippen molar-refractivity contribution in [2.24, 2.45) is 0 Å². The number of hydrogen-bond acceptors (Lipinski definition) is 5. The Morgan fingerprint density at radius 3 is 2.29 bits per heavy atom. The number of para-hydroxylation sites is 1. The fraction of sp³-hybridized carbons (Fsp3) is 0.346. The maximum Gasteiger partial charge on any atom is 0.259 e. The lowest BCUT2D eigenvalue weighted by Crippen LogP contribution is -2.49. The number of ether oxygens (including phenoxy) is 1. The summed E-state index contributed by atoms with van der Waals surface area (Å²) < 4.78 is 36.0. The van der Waals surface area contributed by atoms with Gasteiger partial charge in [0, 0.05) is 51.1 Å². The molecular weight excluding hydrogens is 440 g/mol. The van der Waals surface area contributed by atoms with E-state index in [1.807, 2.05) is 9.80 Å². The van der Waals surface area contributed by atoms with Crippen LogP contribution in [0, 0.1) is 18.6 Å². The van der Waals surface area contributed by atoms with Crippen LogP contribution in [0.15, 0.2) is 59.4 Å². The monoisotopic (exact) mass is 469 g/mol. The molecule has 1 N–H and O–H groups in total. The predicted molar refractivity (Wildman–Crippen MR) is 127 cm³/mol. The minimum Gasteiger partial charge on any atom is -0.507 e. The molecule has 1 atom stereocenters. The summed E-state index contributed by atoms with van der Waals surface area (Å²) in [5, 5.41) is 10.9. The van der Waals surface area contributed by atoms with Crippen molar-refractivity contribution in [3.05, 3.63) is 93.4 Å². The Morgan fingerprint density at radius 2 is 1.65 bits per heavy atom. The number of aromatic nitrogens is 1. The van der Waals surface area contributed by atoms with E-state index in [0.717, 1.165) is 0 Å². The van der Waals surface area contributed by atoms with Gasteiger partial charge in [-0.2, -0.15) is 0 Å². The fourth-order valence-corrected chi connectivity index (χ4v) is 4.65. The second-order valence-corrected chi connectivity index (χ2v) is 8.43. The molecule has 180 valence electrons. The highest BCUT2D eigenvalue weighted by Gasteiger charge is 2.33. The molecule has 0 aliphatic carbocycles. The van der Waals surface area contributed by atoms with Gasteiger partial charge in [0.15, 0.2) is 0 Å². The van der Waals surface area contributed by atoms with Crippen LogP contribution in [0.2, 0.25) is 0 Å². The van der Waals surface area contributed by atoms with Gasteiger partial charge in [0.2, 0.25) is 0 Å². The molecular formula is C26H29F2N3O3. The predicted octanol–water partition coefficient (Wildman–Crippen LogP) is 3.70. The number of aromatic hydroxyl groups is 1. The normalized spacial score (nSPS) is 15.5. The summed E-state index contributed by atoms with van der Waals surface area (Å²) in [4.78, 5) is 17.5.